The third-order valence-corrected chi connectivity index (χ3v) is 6.50. The lowest BCUT2D eigenvalue weighted by molar-refractivity contribution is 0.147. The van der Waals surface area contributed by atoms with E-state index in [2.05, 4.69) is 23.2 Å². The SMILES string of the molecule is CC(C)Oc1ccc(-c2ncc(-c3ccc4c(c3)CCN(C(=O)O)CC4)s2)cc1Cl. The molecule has 0 saturated carbocycles. The van der Waals surface area contributed by atoms with Gasteiger partial charge in [-0.2, -0.15) is 0 Å². The van der Waals surface area contributed by atoms with Crippen LogP contribution in [0.2, 0.25) is 5.02 Å². The van der Waals surface area contributed by atoms with Gasteiger partial charge in [0.25, 0.3) is 0 Å². The molecule has 0 aliphatic carbocycles. The van der Waals surface area contributed by atoms with Crippen LogP contribution in [0.3, 0.4) is 0 Å². The topological polar surface area (TPSA) is 62.7 Å². The second kappa shape index (κ2) is 8.66. The number of ether oxygens (including phenoxy) is 1. The highest BCUT2D eigenvalue weighted by Crippen LogP contribution is 2.36. The molecule has 1 N–H and O–H groups in total. The Morgan fingerprint density at radius 1 is 1.13 bits per heavy atom. The van der Waals surface area contributed by atoms with Crippen LogP contribution in [0.25, 0.3) is 21.0 Å². The van der Waals surface area contributed by atoms with Crippen molar-refractivity contribution in [2.75, 3.05) is 13.1 Å². The van der Waals surface area contributed by atoms with E-state index >= 15 is 0 Å². The summed E-state index contributed by atoms with van der Waals surface area (Å²) >= 11 is 8.00. The van der Waals surface area contributed by atoms with Gasteiger partial charge in [0.1, 0.15) is 10.8 Å². The Balaban J connectivity index is 1.57. The number of halogens is 1. The molecule has 1 aromatic heterocycles. The highest BCUT2D eigenvalue weighted by molar-refractivity contribution is 7.18. The zero-order chi connectivity index (χ0) is 21.3. The first-order valence-electron chi connectivity index (χ1n) is 9.93. The number of hydrogen-bond acceptors (Lipinski definition) is 4. The summed E-state index contributed by atoms with van der Waals surface area (Å²) in [5.74, 6) is 0.674. The highest BCUT2D eigenvalue weighted by Gasteiger charge is 2.18. The molecule has 156 valence electrons. The van der Waals surface area contributed by atoms with Crippen LogP contribution in [-0.2, 0) is 12.8 Å². The van der Waals surface area contributed by atoms with Crippen LogP contribution in [0.15, 0.2) is 42.6 Å². The molecule has 1 aliphatic heterocycles. The van der Waals surface area contributed by atoms with Crippen molar-refractivity contribution in [3.8, 4) is 26.8 Å². The normalized spacial score (nSPS) is 13.8. The molecule has 0 saturated heterocycles. The number of hydrogen-bond donors (Lipinski definition) is 1. The largest absolute Gasteiger partial charge is 0.489 e. The molecular weight excluding hydrogens is 420 g/mol. The minimum atomic E-state index is -0.849. The molecule has 5 nitrogen and oxygen atoms in total. The summed E-state index contributed by atoms with van der Waals surface area (Å²) in [5, 5.41) is 10.7. The van der Waals surface area contributed by atoms with Crippen LogP contribution >= 0.6 is 22.9 Å². The summed E-state index contributed by atoms with van der Waals surface area (Å²) in [7, 11) is 0. The van der Waals surface area contributed by atoms with Crippen molar-refractivity contribution in [3.63, 3.8) is 0 Å². The molecule has 2 aromatic carbocycles. The smallest absolute Gasteiger partial charge is 0.407 e. The average molecular weight is 443 g/mol. The second-order valence-electron chi connectivity index (χ2n) is 7.59. The van der Waals surface area contributed by atoms with E-state index < -0.39 is 6.09 Å². The number of aromatic nitrogens is 1. The highest BCUT2D eigenvalue weighted by atomic mass is 35.5. The maximum absolute atomic E-state index is 11.3. The first-order chi connectivity index (χ1) is 14.4. The fourth-order valence-electron chi connectivity index (χ4n) is 3.59. The van der Waals surface area contributed by atoms with Gasteiger partial charge >= 0.3 is 6.09 Å². The zero-order valence-electron chi connectivity index (χ0n) is 16.9. The minimum Gasteiger partial charge on any atom is -0.489 e. The molecule has 0 spiro atoms. The number of nitrogens with zero attached hydrogens (tertiary/aromatic N) is 2. The number of rotatable bonds is 4. The number of thiazole rings is 1. The summed E-state index contributed by atoms with van der Waals surface area (Å²) in [6.07, 6.45) is 2.58. The fourth-order valence-corrected chi connectivity index (χ4v) is 4.73. The van der Waals surface area contributed by atoms with E-state index in [1.54, 1.807) is 11.3 Å². The van der Waals surface area contributed by atoms with Crippen molar-refractivity contribution in [3.05, 3.63) is 58.7 Å². The van der Waals surface area contributed by atoms with Gasteiger partial charge in [0.2, 0.25) is 0 Å². The van der Waals surface area contributed by atoms with Gasteiger partial charge in [-0.3, -0.25) is 0 Å². The van der Waals surface area contributed by atoms with Crippen LogP contribution in [0.5, 0.6) is 5.75 Å². The third kappa shape index (κ3) is 4.45. The first-order valence-corrected chi connectivity index (χ1v) is 11.1. The molecular formula is C23H23ClN2O3S. The van der Waals surface area contributed by atoms with Crippen LogP contribution in [-0.4, -0.2) is 40.3 Å². The Kier molecular flexibility index (Phi) is 5.97. The van der Waals surface area contributed by atoms with Gasteiger partial charge in [0, 0.05) is 24.8 Å². The molecule has 0 bridgehead atoms. The van der Waals surface area contributed by atoms with E-state index in [0.717, 1.165) is 33.9 Å². The minimum absolute atomic E-state index is 0.0654. The predicted molar refractivity (Wildman–Crippen MR) is 121 cm³/mol. The van der Waals surface area contributed by atoms with Crippen molar-refractivity contribution in [2.24, 2.45) is 0 Å². The third-order valence-electron chi connectivity index (χ3n) is 5.11. The van der Waals surface area contributed by atoms with Gasteiger partial charge in [-0.25, -0.2) is 9.78 Å². The Hall–Kier alpha value is -2.57. The van der Waals surface area contributed by atoms with Crippen LogP contribution in [0.4, 0.5) is 4.79 Å². The predicted octanol–water partition coefficient (Wildman–Crippen LogP) is 6.00. The monoisotopic (exact) mass is 442 g/mol. The van der Waals surface area contributed by atoms with Crippen LogP contribution < -0.4 is 4.74 Å². The molecule has 7 heteroatoms. The van der Waals surface area contributed by atoms with E-state index in [-0.39, 0.29) is 6.10 Å². The summed E-state index contributed by atoms with van der Waals surface area (Å²) < 4.78 is 5.71. The molecule has 0 atom stereocenters. The maximum Gasteiger partial charge on any atom is 0.407 e. The summed E-state index contributed by atoms with van der Waals surface area (Å²) in [4.78, 5) is 18.4. The summed E-state index contributed by atoms with van der Waals surface area (Å²) in [6, 6.07) is 12.1. The van der Waals surface area contributed by atoms with Crippen molar-refractivity contribution < 1.29 is 14.6 Å². The van der Waals surface area contributed by atoms with Gasteiger partial charge in [-0.15, -0.1) is 11.3 Å². The van der Waals surface area contributed by atoms with Gasteiger partial charge in [0.05, 0.1) is 16.0 Å². The lowest BCUT2D eigenvalue weighted by Crippen LogP contribution is -2.31. The second-order valence-corrected chi connectivity index (χ2v) is 9.03. The Bertz CT molecular complexity index is 1080. The van der Waals surface area contributed by atoms with Crippen molar-refractivity contribution in [1.29, 1.82) is 0 Å². The molecule has 0 radical (unpaired) electrons. The number of carboxylic acid groups (broad SMARTS) is 1. The molecule has 0 fully saturated rings. The molecule has 1 aliphatic rings. The lowest BCUT2D eigenvalue weighted by Gasteiger charge is -2.14. The van der Waals surface area contributed by atoms with Crippen LogP contribution in [0, 0.1) is 0 Å². The van der Waals surface area contributed by atoms with E-state index in [4.69, 9.17) is 16.3 Å². The van der Waals surface area contributed by atoms with E-state index in [1.165, 1.54) is 16.0 Å². The number of carbonyl (C=O) groups is 1. The van der Waals surface area contributed by atoms with Crippen molar-refractivity contribution in [1.82, 2.24) is 9.88 Å². The maximum atomic E-state index is 11.3. The number of fused-ring (bicyclic) bond motifs is 1. The van der Waals surface area contributed by atoms with Crippen molar-refractivity contribution >= 4 is 29.0 Å². The van der Waals surface area contributed by atoms with Gasteiger partial charge < -0.3 is 14.7 Å². The molecule has 3 aromatic rings. The van der Waals surface area contributed by atoms with E-state index in [9.17, 15) is 9.90 Å². The molecule has 30 heavy (non-hydrogen) atoms. The van der Waals surface area contributed by atoms with Gasteiger partial charge in [-0.1, -0.05) is 23.7 Å². The Morgan fingerprint density at radius 2 is 1.87 bits per heavy atom. The molecule has 0 unspecified atom stereocenters. The molecule has 2 heterocycles. The molecule has 4 rings (SSSR count). The van der Waals surface area contributed by atoms with Gasteiger partial charge in [-0.05, 0) is 67.6 Å². The fraction of sp³-hybridized carbons (Fsp3) is 0.304. The number of amides is 1. The standard InChI is InChI=1S/C23H23ClN2O3S/c1-14(2)29-20-6-5-18(12-19(20)24)22-25-13-21(30-22)17-4-3-15-7-9-26(23(27)28)10-8-16(15)11-17/h3-6,11-14H,7-10H2,1-2H3,(H,27,28). The quantitative estimate of drug-likeness (QED) is 0.538. The number of benzene rings is 2. The summed E-state index contributed by atoms with van der Waals surface area (Å²) in [5.41, 5.74) is 4.50. The average Bonchev–Trinajstić information content (AvgIpc) is 3.09. The van der Waals surface area contributed by atoms with Crippen LogP contribution in [0.1, 0.15) is 25.0 Å². The Morgan fingerprint density at radius 3 is 2.57 bits per heavy atom. The Labute approximate surface area is 184 Å². The summed E-state index contributed by atoms with van der Waals surface area (Å²) in [6.45, 7) is 5.01. The van der Waals surface area contributed by atoms with Gasteiger partial charge in [0.15, 0.2) is 0 Å². The first kappa shape index (κ1) is 20.7. The lowest BCUT2D eigenvalue weighted by atomic mass is 10.00. The zero-order valence-corrected chi connectivity index (χ0v) is 18.5. The van der Waals surface area contributed by atoms with E-state index in [0.29, 0.717) is 23.9 Å². The van der Waals surface area contributed by atoms with Crippen molar-refractivity contribution in [2.45, 2.75) is 32.8 Å². The van der Waals surface area contributed by atoms with E-state index in [1.807, 2.05) is 38.2 Å². The molecule has 1 amide bonds.